The molecule has 80 valence electrons. The molecule has 0 spiro atoms. The van der Waals surface area contributed by atoms with Gasteiger partial charge in [0.15, 0.2) is 0 Å². The highest BCUT2D eigenvalue weighted by Crippen LogP contribution is 2.32. The van der Waals surface area contributed by atoms with Gasteiger partial charge in [0.25, 0.3) is 0 Å². The van der Waals surface area contributed by atoms with E-state index in [9.17, 15) is 4.79 Å². The van der Waals surface area contributed by atoms with Crippen LogP contribution in [-0.2, 0) is 4.79 Å². The normalized spacial score (nSPS) is 34.1. The summed E-state index contributed by atoms with van der Waals surface area (Å²) < 4.78 is 0. The minimum atomic E-state index is 0.191. The maximum atomic E-state index is 11.8. The average molecular weight is 196 g/mol. The van der Waals surface area contributed by atoms with Crippen LogP contribution in [0.5, 0.6) is 0 Å². The van der Waals surface area contributed by atoms with Crippen LogP contribution >= 0.6 is 0 Å². The first kappa shape index (κ1) is 9.97. The zero-order valence-electron chi connectivity index (χ0n) is 9.05. The van der Waals surface area contributed by atoms with Gasteiger partial charge in [0.1, 0.15) is 0 Å². The topological polar surface area (TPSA) is 41.1 Å². The summed E-state index contributed by atoms with van der Waals surface area (Å²) in [6.07, 6.45) is 2.58. The summed E-state index contributed by atoms with van der Waals surface area (Å²) in [7, 11) is 0. The Morgan fingerprint density at radius 3 is 2.64 bits per heavy atom. The molecule has 1 saturated heterocycles. The van der Waals surface area contributed by atoms with Crippen LogP contribution < -0.4 is 10.6 Å². The van der Waals surface area contributed by atoms with Gasteiger partial charge in [-0.2, -0.15) is 0 Å². The first-order chi connectivity index (χ1) is 6.68. The molecule has 0 aromatic heterocycles. The first-order valence-electron chi connectivity index (χ1n) is 5.69. The summed E-state index contributed by atoms with van der Waals surface area (Å²) in [6.45, 7) is 6.11. The molecule has 2 rings (SSSR count). The molecule has 1 heterocycles. The molecule has 1 saturated carbocycles. The van der Waals surface area contributed by atoms with E-state index in [1.165, 1.54) is 12.8 Å². The van der Waals surface area contributed by atoms with Crippen molar-refractivity contribution in [1.29, 1.82) is 0 Å². The van der Waals surface area contributed by atoms with Crippen molar-refractivity contribution >= 4 is 5.91 Å². The predicted octanol–water partition coefficient (Wildman–Crippen LogP) is 0.757. The lowest BCUT2D eigenvalue weighted by molar-refractivity contribution is -0.126. The molecule has 3 heteroatoms. The maximum Gasteiger partial charge on any atom is 0.224 e. The molecular formula is C11H20N2O. The van der Waals surface area contributed by atoms with E-state index in [4.69, 9.17) is 0 Å². The Bertz CT molecular complexity index is 225. The van der Waals surface area contributed by atoms with Crippen LogP contribution in [0.15, 0.2) is 0 Å². The highest BCUT2D eigenvalue weighted by molar-refractivity contribution is 5.79. The van der Waals surface area contributed by atoms with Gasteiger partial charge in [-0.1, -0.05) is 6.92 Å². The minimum Gasteiger partial charge on any atom is -0.353 e. The third-order valence-electron chi connectivity index (χ3n) is 3.55. The van der Waals surface area contributed by atoms with Crippen molar-refractivity contribution in [3.8, 4) is 0 Å². The third kappa shape index (κ3) is 2.08. The first-order valence-corrected chi connectivity index (χ1v) is 5.69. The van der Waals surface area contributed by atoms with Crippen LogP contribution in [0.3, 0.4) is 0 Å². The van der Waals surface area contributed by atoms with E-state index in [0.29, 0.717) is 12.0 Å². The molecule has 3 atom stereocenters. The van der Waals surface area contributed by atoms with Crippen molar-refractivity contribution in [3.05, 3.63) is 0 Å². The quantitative estimate of drug-likeness (QED) is 0.699. The van der Waals surface area contributed by atoms with E-state index in [0.717, 1.165) is 19.0 Å². The van der Waals surface area contributed by atoms with E-state index in [2.05, 4.69) is 24.5 Å². The highest BCUT2D eigenvalue weighted by Gasteiger charge is 2.33. The van der Waals surface area contributed by atoms with Crippen molar-refractivity contribution < 1.29 is 4.79 Å². The van der Waals surface area contributed by atoms with Crippen molar-refractivity contribution in [2.75, 3.05) is 13.1 Å². The average Bonchev–Trinajstić information content (AvgIpc) is 2.89. The monoisotopic (exact) mass is 196 g/mol. The molecule has 0 radical (unpaired) electrons. The van der Waals surface area contributed by atoms with Gasteiger partial charge < -0.3 is 10.6 Å². The van der Waals surface area contributed by atoms with Gasteiger partial charge in [0.05, 0.1) is 5.92 Å². The van der Waals surface area contributed by atoms with E-state index < -0.39 is 0 Å². The van der Waals surface area contributed by atoms with Gasteiger partial charge in [-0.15, -0.1) is 0 Å². The third-order valence-corrected chi connectivity index (χ3v) is 3.55. The fourth-order valence-corrected chi connectivity index (χ4v) is 2.21. The molecule has 2 fully saturated rings. The summed E-state index contributed by atoms with van der Waals surface area (Å²) in [5, 5.41) is 6.40. The SMILES string of the molecule is CC(NC(=O)[C@@H]1CNC[C@H]1C)C1CC1. The smallest absolute Gasteiger partial charge is 0.224 e. The molecule has 0 bridgehead atoms. The summed E-state index contributed by atoms with van der Waals surface area (Å²) in [5.41, 5.74) is 0. The van der Waals surface area contributed by atoms with Crippen molar-refractivity contribution in [2.24, 2.45) is 17.8 Å². The number of carbonyl (C=O) groups is 1. The van der Waals surface area contributed by atoms with E-state index in [1.807, 2.05) is 0 Å². The molecular weight excluding hydrogens is 176 g/mol. The summed E-state index contributed by atoms with van der Waals surface area (Å²) in [4.78, 5) is 11.8. The van der Waals surface area contributed by atoms with Crippen LogP contribution in [0, 0.1) is 17.8 Å². The number of rotatable bonds is 3. The second kappa shape index (κ2) is 3.89. The Labute approximate surface area is 85.6 Å². The molecule has 0 aromatic rings. The molecule has 1 amide bonds. The largest absolute Gasteiger partial charge is 0.353 e. The van der Waals surface area contributed by atoms with Gasteiger partial charge in [-0.3, -0.25) is 4.79 Å². The van der Waals surface area contributed by atoms with Crippen LogP contribution in [0.25, 0.3) is 0 Å². The van der Waals surface area contributed by atoms with E-state index >= 15 is 0 Å². The Hall–Kier alpha value is -0.570. The number of nitrogens with one attached hydrogen (secondary N) is 2. The van der Waals surface area contributed by atoms with Gasteiger partial charge >= 0.3 is 0 Å². The molecule has 2 N–H and O–H groups in total. The molecule has 1 unspecified atom stereocenters. The second-order valence-electron chi connectivity index (χ2n) is 4.88. The van der Waals surface area contributed by atoms with Gasteiger partial charge in [-0.25, -0.2) is 0 Å². The van der Waals surface area contributed by atoms with Gasteiger partial charge in [0.2, 0.25) is 5.91 Å². The number of carbonyl (C=O) groups excluding carboxylic acids is 1. The van der Waals surface area contributed by atoms with Crippen molar-refractivity contribution in [2.45, 2.75) is 32.7 Å². The standard InChI is InChI=1S/C11H20N2O/c1-7-5-12-6-10(7)11(14)13-8(2)9-3-4-9/h7-10,12H,3-6H2,1-2H3,(H,13,14)/t7-,8?,10-/m1/s1. The van der Waals surface area contributed by atoms with Gasteiger partial charge in [-0.05, 0) is 38.1 Å². The summed E-state index contributed by atoms with van der Waals surface area (Å²) in [6, 6.07) is 0.385. The van der Waals surface area contributed by atoms with Crippen LogP contribution in [0.2, 0.25) is 0 Å². The maximum absolute atomic E-state index is 11.8. The fourth-order valence-electron chi connectivity index (χ4n) is 2.21. The summed E-state index contributed by atoms with van der Waals surface area (Å²) in [5.74, 6) is 1.68. The molecule has 2 aliphatic rings. The predicted molar refractivity (Wildman–Crippen MR) is 55.9 cm³/mol. The second-order valence-corrected chi connectivity index (χ2v) is 4.88. The lowest BCUT2D eigenvalue weighted by Crippen LogP contribution is -2.40. The number of amides is 1. The Balaban J connectivity index is 1.81. The zero-order chi connectivity index (χ0) is 10.1. The lowest BCUT2D eigenvalue weighted by Gasteiger charge is -2.18. The van der Waals surface area contributed by atoms with Gasteiger partial charge in [0, 0.05) is 12.6 Å². The molecule has 1 aliphatic heterocycles. The van der Waals surface area contributed by atoms with E-state index in [-0.39, 0.29) is 11.8 Å². The number of hydrogen-bond donors (Lipinski definition) is 2. The zero-order valence-corrected chi connectivity index (χ0v) is 9.05. The molecule has 3 nitrogen and oxygen atoms in total. The van der Waals surface area contributed by atoms with Crippen LogP contribution in [0.4, 0.5) is 0 Å². The number of hydrogen-bond acceptors (Lipinski definition) is 2. The van der Waals surface area contributed by atoms with Crippen LogP contribution in [0.1, 0.15) is 26.7 Å². The fraction of sp³-hybridized carbons (Fsp3) is 0.909. The Kier molecular flexibility index (Phi) is 2.77. The van der Waals surface area contributed by atoms with E-state index in [1.54, 1.807) is 0 Å². The van der Waals surface area contributed by atoms with Crippen molar-refractivity contribution in [3.63, 3.8) is 0 Å². The molecule has 1 aliphatic carbocycles. The van der Waals surface area contributed by atoms with Crippen molar-refractivity contribution in [1.82, 2.24) is 10.6 Å². The lowest BCUT2D eigenvalue weighted by atomic mass is 9.97. The minimum absolute atomic E-state index is 0.191. The Morgan fingerprint density at radius 1 is 1.43 bits per heavy atom. The highest BCUT2D eigenvalue weighted by atomic mass is 16.2. The molecule has 0 aromatic carbocycles. The Morgan fingerprint density at radius 2 is 2.14 bits per heavy atom. The summed E-state index contributed by atoms with van der Waals surface area (Å²) >= 11 is 0. The van der Waals surface area contributed by atoms with Crippen LogP contribution in [-0.4, -0.2) is 25.0 Å². The molecule has 14 heavy (non-hydrogen) atoms.